The van der Waals surface area contributed by atoms with Gasteiger partial charge in [-0.15, -0.1) is 0 Å². The van der Waals surface area contributed by atoms with Crippen LogP contribution in [-0.4, -0.2) is 18.0 Å². The van der Waals surface area contributed by atoms with E-state index in [0.29, 0.717) is 6.04 Å². The molecule has 1 aliphatic carbocycles. The van der Waals surface area contributed by atoms with Crippen molar-refractivity contribution in [3.63, 3.8) is 0 Å². The van der Waals surface area contributed by atoms with Crippen LogP contribution in [0, 0.1) is 30.1 Å². The molecule has 3 heteroatoms. The topological polar surface area (TPSA) is 40.2 Å². The van der Waals surface area contributed by atoms with E-state index >= 15 is 0 Å². The molecule has 1 aromatic rings. The molecule has 0 aliphatic heterocycles. The number of rotatable bonds is 3. The summed E-state index contributed by atoms with van der Waals surface area (Å²) in [6.45, 7) is 5.04. The van der Waals surface area contributed by atoms with Gasteiger partial charge >= 0.3 is 0 Å². The molecular weight excluding hydrogens is 224 g/mol. The largest absolute Gasteiger partial charge is 0.465 e. The molecular formula is C15H22N2O. The molecule has 18 heavy (non-hydrogen) atoms. The third kappa shape index (κ3) is 2.94. The van der Waals surface area contributed by atoms with Crippen molar-refractivity contribution >= 4 is 0 Å². The van der Waals surface area contributed by atoms with Gasteiger partial charge in [0.2, 0.25) is 0 Å². The smallest absolute Gasteiger partial charge is 0.118 e. The van der Waals surface area contributed by atoms with E-state index in [0.717, 1.165) is 36.8 Å². The first-order valence-electron chi connectivity index (χ1n) is 6.75. The van der Waals surface area contributed by atoms with E-state index in [2.05, 4.69) is 24.9 Å². The van der Waals surface area contributed by atoms with Crippen LogP contribution in [0.1, 0.15) is 37.7 Å². The maximum absolute atomic E-state index is 9.27. The SMILES string of the molecule is Cc1ccc(CN(C)C2CC(C)CCC2C#N)o1. The Kier molecular flexibility index (Phi) is 4.08. The minimum atomic E-state index is 0.169. The number of hydrogen-bond donors (Lipinski definition) is 0. The Balaban J connectivity index is 2.02. The van der Waals surface area contributed by atoms with Crippen molar-refractivity contribution < 1.29 is 4.42 Å². The molecule has 3 atom stereocenters. The van der Waals surface area contributed by atoms with Gasteiger partial charge in [-0.1, -0.05) is 6.92 Å². The van der Waals surface area contributed by atoms with E-state index in [-0.39, 0.29) is 5.92 Å². The van der Waals surface area contributed by atoms with Gasteiger partial charge in [-0.3, -0.25) is 4.90 Å². The molecule has 0 saturated heterocycles. The molecule has 3 unspecified atom stereocenters. The highest BCUT2D eigenvalue weighted by Crippen LogP contribution is 2.32. The van der Waals surface area contributed by atoms with Crippen molar-refractivity contribution in [3.8, 4) is 6.07 Å². The third-order valence-corrected chi connectivity index (χ3v) is 4.01. The average molecular weight is 246 g/mol. The molecule has 0 aromatic carbocycles. The van der Waals surface area contributed by atoms with E-state index in [1.807, 2.05) is 19.1 Å². The van der Waals surface area contributed by atoms with Gasteiger partial charge in [0.15, 0.2) is 0 Å². The number of nitrogens with zero attached hydrogens (tertiary/aromatic N) is 2. The van der Waals surface area contributed by atoms with Gasteiger partial charge in [0, 0.05) is 6.04 Å². The summed E-state index contributed by atoms with van der Waals surface area (Å²) >= 11 is 0. The van der Waals surface area contributed by atoms with Gasteiger partial charge in [0.05, 0.1) is 18.5 Å². The predicted octanol–water partition coefficient (Wildman–Crippen LogP) is 3.35. The Labute approximate surface area is 109 Å². The minimum absolute atomic E-state index is 0.169. The Morgan fingerprint density at radius 1 is 1.44 bits per heavy atom. The van der Waals surface area contributed by atoms with Crippen LogP contribution in [0.25, 0.3) is 0 Å². The van der Waals surface area contributed by atoms with Crippen molar-refractivity contribution in [2.24, 2.45) is 11.8 Å². The van der Waals surface area contributed by atoms with Gasteiger partial charge < -0.3 is 4.42 Å². The lowest BCUT2D eigenvalue weighted by molar-refractivity contribution is 0.117. The second kappa shape index (κ2) is 5.58. The minimum Gasteiger partial charge on any atom is -0.465 e. The second-order valence-electron chi connectivity index (χ2n) is 5.65. The number of nitriles is 1. The lowest BCUT2D eigenvalue weighted by Crippen LogP contribution is -2.41. The summed E-state index contributed by atoms with van der Waals surface area (Å²) in [7, 11) is 2.10. The molecule has 0 spiro atoms. The molecule has 1 aliphatic rings. The van der Waals surface area contributed by atoms with Crippen LogP contribution in [0.2, 0.25) is 0 Å². The summed E-state index contributed by atoms with van der Waals surface area (Å²) in [5.41, 5.74) is 0. The average Bonchev–Trinajstić information content (AvgIpc) is 2.74. The highest BCUT2D eigenvalue weighted by Gasteiger charge is 2.31. The van der Waals surface area contributed by atoms with Crippen molar-refractivity contribution in [3.05, 3.63) is 23.7 Å². The van der Waals surface area contributed by atoms with E-state index < -0.39 is 0 Å². The maximum atomic E-state index is 9.27. The van der Waals surface area contributed by atoms with Crippen LogP contribution >= 0.6 is 0 Å². The van der Waals surface area contributed by atoms with Crippen LogP contribution in [0.3, 0.4) is 0 Å². The van der Waals surface area contributed by atoms with Crippen LogP contribution in [0.15, 0.2) is 16.5 Å². The normalized spacial score (nSPS) is 28.3. The van der Waals surface area contributed by atoms with Crippen LogP contribution in [0.5, 0.6) is 0 Å². The van der Waals surface area contributed by atoms with E-state index in [4.69, 9.17) is 4.42 Å². The summed E-state index contributed by atoms with van der Waals surface area (Å²) in [6, 6.07) is 6.86. The van der Waals surface area contributed by atoms with Gasteiger partial charge in [-0.05, 0) is 51.3 Å². The first-order valence-corrected chi connectivity index (χ1v) is 6.75. The molecule has 0 bridgehead atoms. The van der Waals surface area contributed by atoms with E-state index in [1.54, 1.807) is 0 Å². The zero-order valence-electron chi connectivity index (χ0n) is 11.5. The molecule has 0 amide bonds. The highest BCUT2D eigenvalue weighted by molar-refractivity contribution is 5.06. The number of hydrogen-bond acceptors (Lipinski definition) is 3. The molecule has 0 radical (unpaired) electrons. The molecule has 3 nitrogen and oxygen atoms in total. The third-order valence-electron chi connectivity index (χ3n) is 4.01. The number of furan rings is 1. The molecule has 0 N–H and O–H groups in total. The fourth-order valence-corrected chi connectivity index (χ4v) is 2.92. The first-order chi connectivity index (χ1) is 8.60. The lowest BCUT2D eigenvalue weighted by Gasteiger charge is -2.37. The molecule has 2 rings (SSSR count). The zero-order valence-corrected chi connectivity index (χ0v) is 11.5. The highest BCUT2D eigenvalue weighted by atomic mass is 16.3. The van der Waals surface area contributed by atoms with Crippen LogP contribution in [0.4, 0.5) is 0 Å². The summed E-state index contributed by atoms with van der Waals surface area (Å²) in [5.74, 6) is 2.83. The molecule has 1 aromatic heterocycles. The lowest BCUT2D eigenvalue weighted by atomic mass is 9.79. The van der Waals surface area contributed by atoms with Crippen LogP contribution < -0.4 is 0 Å². The zero-order chi connectivity index (χ0) is 13.1. The molecule has 1 fully saturated rings. The van der Waals surface area contributed by atoms with Crippen molar-refractivity contribution in [2.75, 3.05) is 7.05 Å². The van der Waals surface area contributed by atoms with Gasteiger partial charge in [-0.25, -0.2) is 0 Å². The van der Waals surface area contributed by atoms with E-state index in [9.17, 15) is 5.26 Å². The fourth-order valence-electron chi connectivity index (χ4n) is 2.92. The Hall–Kier alpha value is -1.27. The standard InChI is InChI=1S/C15H22N2O/c1-11-4-6-13(9-16)15(8-11)17(3)10-14-7-5-12(2)18-14/h5,7,11,13,15H,4,6,8,10H2,1-3H3. The Bertz CT molecular complexity index is 432. The fraction of sp³-hybridized carbons (Fsp3) is 0.667. The van der Waals surface area contributed by atoms with Crippen molar-refractivity contribution in [1.82, 2.24) is 4.90 Å². The van der Waals surface area contributed by atoms with Gasteiger partial charge in [0.25, 0.3) is 0 Å². The second-order valence-corrected chi connectivity index (χ2v) is 5.65. The van der Waals surface area contributed by atoms with Crippen molar-refractivity contribution in [2.45, 2.75) is 45.7 Å². The summed E-state index contributed by atoms with van der Waals surface area (Å²) < 4.78 is 5.62. The molecule has 98 valence electrons. The monoisotopic (exact) mass is 246 g/mol. The van der Waals surface area contributed by atoms with Crippen molar-refractivity contribution in [1.29, 1.82) is 5.26 Å². The maximum Gasteiger partial charge on any atom is 0.118 e. The van der Waals surface area contributed by atoms with Crippen LogP contribution in [-0.2, 0) is 6.54 Å². The van der Waals surface area contributed by atoms with E-state index in [1.165, 1.54) is 6.42 Å². The number of aryl methyl sites for hydroxylation is 1. The quantitative estimate of drug-likeness (QED) is 0.821. The molecule has 1 heterocycles. The summed E-state index contributed by atoms with van der Waals surface area (Å²) in [4.78, 5) is 2.28. The predicted molar refractivity (Wildman–Crippen MR) is 70.8 cm³/mol. The Morgan fingerprint density at radius 3 is 2.83 bits per heavy atom. The summed E-state index contributed by atoms with van der Waals surface area (Å²) in [5, 5.41) is 9.27. The van der Waals surface area contributed by atoms with Gasteiger partial charge in [0.1, 0.15) is 11.5 Å². The first kappa shape index (κ1) is 13.2. The Morgan fingerprint density at radius 2 is 2.22 bits per heavy atom. The molecule has 1 saturated carbocycles. The van der Waals surface area contributed by atoms with Gasteiger partial charge in [-0.2, -0.15) is 5.26 Å². The summed E-state index contributed by atoms with van der Waals surface area (Å²) in [6.07, 6.45) is 3.33.